The first-order valence-corrected chi connectivity index (χ1v) is 6.28. The Morgan fingerprint density at radius 3 is 2.44 bits per heavy atom. The molecule has 0 spiro atoms. The molecule has 0 atom stereocenters. The molecule has 6 heteroatoms. The first-order valence-electron chi connectivity index (χ1n) is 4.74. The SMILES string of the molecule is COc1ccccc1S(=O)(=O)C1CNC1.Cl. The summed E-state index contributed by atoms with van der Waals surface area (Å²) in [7, 11) is -1.75. The van der Waals surface area contributed by atoms with Crippen LogP contribution in [0.2, 0.25) is 0 Å². The molecule has 1 saturated heterocycles. The lowest BCUT2D eigenvalue weighted by Crippen LogP contribution is -2.51. The van der Waals surface area contributed by atoms with E-state index in [9.17, 15) is 8.42 Å². The minimum absolute atomic E-state index is 0. The number of nitrogens with one attached hydrogen (secondary N) is 1. The lowest BCUT2D eigenvalue weighted by molar-refractivity contribution is 0.401. The number of halogens is 1. The third kappa shape index (κ3) is 2.16. The lowest BCUT2D eigenvalue weighted by atomic mass is 10.3. The lowest BCUT2D eigenvalue weighted by Gasteiger charge is -2.27. The van der Waals surface area contributed by atoms with Crippen molar-refractivity contribution >= 4 is 22.2 Å². The molecule has 1 aliphatic heterocycles. The van der Waals surface area contributed by atoms with Gasteiger partial charge in [-0.15, -0.1) is 12.4 Å². The number of para-hydroxylation sites is 1. The molecule has 0 saturated carbocycles. The Morgan fingerprint density at radius 1 is 1.31 bits per heavy atom. The van der Waals surface area contributed by atoms with Crippen LogP contribution in [-0.4, -0.2) is 33.9 Å². The molecule has 1 heterocycles. The summed E-state index contributed by atoms with van der Waals surface area (Å²) in [5, 5.41) is 2.64. The zero-order chi connectivity index (χ0) is 10.9. The molecule has 2 rings (SSSR count). The summed E-state index contributed by atoms with van der Waals surface area (Å²) < 4.78 is 29.2. The van der Waals surface area contributed by atoms with Crippen molar-refractivity contribution in [1.82, 2.24) is 5.32 Å². The second kappa shape index (κ2) is 5.03. The summed E-state index contributed by atoms with van der Waals surface area (Å²) in [5.74, 6) is 0.421. The molecule has 0 unspecified atom stereocenters. The molecular weight excluding hydrogens is 250 g/mol. The normalized spacial score (nSPS) is 16.1. The monoisotopic (exact) mass is 263 g/mol. The quantitative estimate of drug-likeness (QED) is 0.879. The molecular formula is C10H14ClNO3S. The summed E-state index contributed by atoms with van der Waals surface area (Å²) >= 11 is 0. The van der Waals surface area contributed by atoms with Crippen LogP contribution in [-0.2, 0) is 9.84 Å². The van der Waals surface area contributed by atoms with Crippen molar-refractivity contribution in [2.75, 3.05) is 20.2 Å². The third-order valence-electron chi connectivity index (χ3n) is 2.56. The fourth-order valence-corrected chi connectivity index (χ4v) is 3.25. The fourth-order valence-electron chi connectivity index (χ4n) is 1.52. The van der Waals surface area contributed by atoms with E-state index in [-0.39, 0.29) is 17.7 Å². The van der Waals surface area contributed by atoms with Crippen molar-refractivity contribution in [1.29, 1.82) is 0 Å². The average molecular weight is 264 g/mol. The van der Waals surface area contributed by atoms with E-state index in [0.717, 1.165) is 0 Å². The summed E-state index contributed by atoms with van der Waals surface area (Å²) in [6.45, 7) is 1.06. The van der Waals surface area contributed by atoms with E-state index in [1.54, 1.807) is 24.3 Å². The molecule has 1 fully saturated rings. The predicted molar refractivity (Wildman–Crippen MR) is 64.1 cm³/mol. The predicted octanol–water partition coefficient (Wildman–Crippen LogP) is 0.863. The van der Waals surface area contributed by atoms with Gasteiger partial charge in [0.25, 0.3) is 0 Å². The van der Waals surface area contributed by atoms with Gasteiger partial charge in [-0.05, 0) is 12.1 Å². The average Bonchev–Trinajstić information content (AvgIpc) is 2.14. The van der Waals surface area contributed by atoms with E-state index >= 15 is 0 Å². The highest BCUT2D eigenvalue weighted by Crippen LogP contribution is 2.27. The van der Waals surface area contributed by atoms with Crippen molar-refractivity contribution in [2.24, 2.45) is 0 Å². The van der Waals surface area contributed by atoms with Crippen molar-refractivity contribution < 1.29 is 13.2 Å². The van der Waals surface area contributed by atoms with E-state index in [4.69, 9.17) is 4.74 Å². The molecule has 0 bridgehead atoms. The van der Waals surface area contributed by atoms with Crippen LogP contribution in [0.3, 0.4) is 0 Å². The van der Waals surface area contributed by atoms with Gasteiger partial charge < -0.3 is 10.1 Å². The van der Waals surface area contributed by atoms with E-state index < -0.39 is 9.84 Å². The summed E-state index contributed by atoms with van der Waals surface area (Å²) in [4.78, 5) is 0.291. The van der Waals surface area contributed by atoms with Crippen molar-refractivity contribution in [3.63, 3.8) is 0 Å². The Morgan fingerprint density at radius 2 is 1.94 bits per heavy atom. The van der Waals surface area contributed by atoms with Crippen LogP contribution in [0.1, 0.15) is 0 Å². The van der Waals surface area contributed by atoms with Gasteiger partial charge in [0.1, 0.15) is 10.6 Å². The number of ether oxygens (including phenoxy) is 1. The van der Waals surface area contributed by atoms with Gasteiger partial charge in [0.05, 0.1) is 12.4 Å². The highest BCUT2D eigenvalue weighted by molar-refractivity contribution is 7.92. The molecule has 0 aliphatic carbocycles. The van der Waals surface area contributed by atoms with Crippen LogP contribution in [0, 0.1) is 0 Å². The van der Waals surface area contributed by atoms with Crippen LogP contribution in [0.5, 0.6) is 5.75 Å². The minimum Gasteiger partial charge on any atom is -0.495 e. The fraction of sp³-hybridized carbons (Fsp3) is 0.400. The number of benzene rings is 1. The third-order valence-corrected chi connectivity index (χ3v) is 4.72. The Hall–Kier alpha value is -0.780. The maximum Gasteiger partial charge on any atom is 0.187 e. The molecule has 0 aromatic heterocycles. The molecule has 16 heavy (non-hydrogen) atoms. The van der Waals surface area contributed by atoms with Crippen LogP contribution >= 0.6 is 12.4 Å². The van der Waals surface area contributed by atoms with Gasteiger partial charge in [-0.3, -0.25) is 0 Å². The number of rotatable bonds is 3. The van der Waals surface area contributed by atoms with Crippen LogP contribution in [0.25, 0.3) is 0 Å². The maximum atomic E-state index is 12.1. The standard InChI is InChI=1S/C10H13NO3S.ClH/c1-14-9-4-2-3-5-10(9)15(12,13)8-6-11-7-8;/h2-5,8,11H,6-7H2,1H3;1H. The van der Waals surface area contributed by atoms with E-state index in [1.807, 2.05) is 0 Å². The zero-order valence-electron chi connectivity index (χ0n) is 8.84. The van der Waals surface area contributed by atoms with Gasteiger partial charge >= 0.3 is 0 Å². The Bertz CT molecular complexity index is 457. The molecule has 0 radical (unpaired) electrons. The number of sulfone groups is 1. The molecule has 90 valence electrons. The first kappa shape index (κ1) is 13.3. The zero-order valence-corrected chi connectivity index (χ0v) is 10.5. The van der Waals surface area contributed by atoms with Crippen LogP contribution in [0.4, 0.5) is 0 Å². The highest BCUT2D eigenvalue weighted by Gasteiger charge is 2.34. The largest absolute Gasteiger partial charge is 0.495 e. The Kier molecular flexibility index (Phi) is 4.18. The first-order chi connectivity index (χ1) is 7.16. The molecule has 1 aromatic rings. The number of methoxy groups -OCH3 is 1. The second-order valence-corrected chi connectivity index (χ2v) is 5.67. The van der Waals surface area contributed by atoms with Gasteiger partial charge in [-0.2, -0.15) is 0 Å². The topological polar surface area (TPSA) is 55.4 Å². The molecule has 1 N–H and O–H groups in total. The van der Waals surface area contributed by atoms with Crippen LogP contribution < -0.4 is 10.1 Å². The molecule has 1 aliphatic rings. The van der Waals surface area contributed by atoms with Gasteiger partial charge in [-0.1, -0.05) is 12.1 Å². The van der Waals surface area contributed by atoms with Crippen LogP contribution in [0.15, 0.2) is 29.2 Å². The van der Waals surface area contributed by atoms with Crippen molar-refractivity contribution in [3.8, 4) is 5.75 Å². The molecule has 0 amide bonds. The Balaban J connectivity index is 0.00000128. The van der Waals surface area contributed by atoms with E-state index in [1.165, 1.54) is 7.11 Å². The maximum absolute atomic E-state index is 12.1. The minimum atomic E-state index is -3.23. The number of hydrogen-bond donors (Lipinski definition) is 1. The van der Waals surface area contributed by atoms with Crippen molar-refractivity contribution in [3.05, 3.63) is 24.3 Å². The second-order valence-electron chi connectivity index (χ2n) is 3.48. The van der Waals surface area contributed by atoms with Gasteiger partial charge in [0.2, 0.25) is 0 Å². The highest BCUT2D eigenvalue weighted by atomic mass is 35.5. The van der Waals surface area contributed by atoms with E-state index in [2.05, 4.69) is 5.32 Å². The van der Waals surface area contributed by atoms with Gasteiger partial charge in [0.15, 0.2) is 9.84 Å². The molecule has 1 aromatic carbocycles. The van der Waals surface area contributed by atoms with E-state index in [0.29, 0.717) is 23.7 Å². The van der Waals surface area contributed by atoms with Gasteiger partial charge in [0, 0.05) is 13.1 Å². The summed E-state index contributed by atoms with van der Waals surface area (Å²) in [5.41, 5.74) is 0. The molecule has 4 nitrogen and oxygen atoms in total. The van der Waals surface area contributed by atoms with Crippen molar-refractivity contribution in [2.45, 2.75) is 10.1 Å². The summed E-state index contributed by atoms with van der Waals surface area (Å²) in [6, 6.07) is 6.73. The summed E-state index contributed by atoms with van der Waals surface area (Å²) in [6.07, 6.45) is 0. The Labute approximate surface area is 101 Å². The smallest absolute Gasteiger partial charge is 0.187 e. The number of hydrogen-bond acceptors (Lipinski definition) is 4. The van der Waals surface area contributed by atoms with Gasteiger partial charge in [-0.25, -0.2) is 8.42 Å².